The number of ether oxygens (including phenoxy) is 1. The van der Waals surface area contributed by atoms with Crippen molar-refractivity contribution in [2.45, 2.75) is 37.7 Å². The Bertz CT molecular complexity index is 573. The Kier molecular flexibility index (Phi) is 5.37. The standard InChI is InChI=1S/C15H17ClFNO4/c16-11-8-10(4-5-12(11)17)18-13(19)9-22-14(20)15(21)6-2-1-3-7-15/h4-5,8,21H,1-3,6-7,9H2,(H,18,19). The van der Waals surface area contributed by atoms with Crippen LogP contribution in [0, 0.1) is 5.82 Å². The van der Waals surface area contributed by atoms with Gasteiger partial charge in [-0.2, -0.15) is 0 Å². The van der Waals surface area contributed by atoms with Crippen molar-refractivity contribution in [1.82, 2.24) is 0 Å². The number of amides is 1. The molecule has 0 radical (unpaired) electrons. The molecule has 1 aliphatic carbocycles. The van der Waals surface area contributed by atoms with Crippen LogP contribution in [0.3, 0.4) is 0 Å². The Morgan fingerprint density at radius 1 is 1.32 bits per heavy atom. The number of aliphatic hydroxyl groups is 1. The lowest BCUT2D eigenvalue weighted by Gasteiger charge is -2.29. The highest BCUT2D eigenvalue weighted by molar-refractivity contribution is 6.31. The molecule has 1 aromatic rings. The maximum Gasteiger partial charge on any atom is 0.338 e. The fourth-order valence-corrected chi connectivity index (χ4v) is 2.56. The van der Waals surface area contributed by atoms with Crippen LogP contribution < -0.4 is 5.32 Å². The third-order valence-corrected chi connectivity index (χ3v) is 3.89. The van der Waals surface area contributed by atoms with Gasteiger partial charge in [-0.1, -0.05) is 18.0 Å². The van der Waals surface area contributed by atoms with E-state index in [2.05, 4.69) is 5.32 Å². The first-order valence-electron chi connectivity index (χ1n) is 7.05. The predicted octanol–water partition coefficient (Wildman–Crippen LogP) is 2.66. The third-order valence-electron chi connectivity index (χ3n) is 3.60. The average Bonchev–Trinajstić information content (AvgIpc) is 2.49. The molecule has 120 valence electrons. The molecule has 0 aromatic heterocycles. The number of esters is 1. The fraction of sp³-hybridized carbons (Fsp3) is 0.467. The van der Waals surface area contributed by atoms with Crippen LogP contribution >= 0.6 is 11.6 Å². The summed E-state index contributed by atoms with van der Waals surface area (Å²) in [5, 5.41) is 12.5. The summed E-state index contributed by atoms with van der Waals surface area (Å²) in [5.41, 5.74) is -1.19. The van der Waals surface area contributed by atoms with Crippen LogP contribution in [0.5, 0.6) is 0 Å². The quantitative estimate of drug-likeness (QED) is 0.833. The van der Waals surface area contributed by atoms with Crippen molar-refractivity contribution in [3.63, 3.8) is 0 Å². The summed E-state index contributed by atoms with van der Waals surface area (Å²) in [6.45, 7) is -0.518. The Morgan fingerprint density at radius 2 is 2.00 bits per heavy atom. The first-order chi connectivity index (χ1) is 10.4. The molecule has 0 bridgehead atoms. The second kappa shape index (κ2) is 7.07. The minimum absolute atomic E-state index is 0.119. The molecule has 22 heavy (non-hydrogen) atoms. The van der Waals surface area contributed by atoms with Gasteiger partial charge in [0.2, 0.25) is 0 Å². The van der Waals surface area contributed by atoms with E-state index in [0.29, 0.717) is 18.5 Å². The molecule has 7 heteroatoms. The zero-order chi connectivity index (χ0) is 16.2. The second-order valence-corrected chi connectivity index (χ2v) is 5.75. The maximum atomic E-state index is 13.0. The average molecular weight is 330 g/mol. The molecule has 0 unspecified atom stereocenters. The molecule has 0 saturated heterocycles. The Balaban J connectivity index is 1.84. The summed E-state index contributed by atoms with van der Waals surface area (Å²) in [4.78, 5) is 23.5. The highest BCUT2D eigenvalue weighted by Crippen LogP contribution is 2.29. The molecule has 0 heterocycles. The van der Waals surface area contributed by atoms with Crippen molar-refractivity contribution in [1.29, 1.82) is 0 Å². The zero-order valence-corrected chi connectivity index (χ0v) is 12.7. The van der Waals surface area contributed by atoms with Crippen LogP contribution in [0.15, 0.2) is 18.2 Å². The van der Waals surface area contributed by atoms with Gasteiger partial charge < -0.3 is 15.2 Å². The smallest absolute Gasteiger partial charge is 0.338 e. The largest absolute Gasteiger partial charge is 0.453 e. The van der Waals surface area contributed by atoms with E-state index in [-0.39, 0.29) is 5.02 Å². The van der Waals surface area contributed by atoms with Gasteiger partial charge in [0.1, 0.15) is 5.82 Å². The number of hydrogen-bond donors (Lipinski definition) is 2. The molecule has 0 atom stereocenters. The normalized spacial score (nSPS) is 16.9. The Morgan fingerprint density at radius 3 is 2.64 bits per heavy atom. The van der Waals surface area contributed by atoms with Crippen LogP contribution in [0.25, 0.3) is 0 Å². The molecular weight excluding hydrogens is 313 g/mol. The van der Waals surface area contributed by atoms with Crippen LogP contribution in [0.1, 0.15) is 32.1 Å². The van der Waals surface area contributed by atoms with Crippen molar-refractivity contribution in [3.8, 4) is 0 Å². The van der Waals surface area contributed by atoms with Crippen LogP contribution in [-0.4, -0.2) is 29.2 Å². The van der Waals surface area contributed by atoms with E-state index >= 15 is 0 Å². The molecule has 1 aromatic carbocycles. The van der Waals surface area contributed by atoms with Gasteiger partial charge in [0.15, 0.2) is 12.2 Å². The lowest BCUT2D eigenvalue weighted by molar-refractivity contribution is -0.170. The van der Waals surface area contributed by atoms with E-state index in [1.54, 1.807) is 0 Å². The van der Waals surface area contributed by atoms with Crippen molar-refractivity contribution >= 4 is 29.2 Å². The monoisotopic (exact) mass is 329 g/mol. The topological polar surface area (TPSA) is 75.6 Å². The number of carbonyl (C=O) groups excluding carboxylic acids is 2. The molecule has 1 saturated carbocycles. The van der Waals surface area contributed by atoms with E-state index in [1.165, 1.54) is 12.1 Å². The number of anilines is 1. The maximum absolute atomic E-state index is 13.0. The first-order valence-corrected chi connectivity index (χ1v) is 7.43. The number of carbonyl (C=O) groups is 2. The number of nitrogens with one attached hydrogen (secondary N) is 1. The summed E-state index contributed by atoms with van der Waals surface area (Å²) in [5.74, 6) is -1.96. The Hall–Kier alpha value is -1.66. The van der Waals surface area contributed by atoms with Crippen LogP contribution in [-0.2, 0) is 14.3 Å². The fourth-order valence-electron chi connectivity index (χ4n) is 2.38. The highest BCUT2D eigenvalue weighted by atomic mass is 35.5. The van der Waals surface area contributed by atoms with E-state index in [9.17, 15) is 19.1 Å². The van der Waals surface area contributed by atoms with Crippen molar-refractivity contribution < 1.29 is 23.8 Å². The zero-order valence-electron chi connectivity index (χ0n) is 11.9. The van der Waals surface area contributed by atoms with Crippen molar-refractivity contribution in [2.75, 3.05) is 11.9 Å². The van der Waals surface area contributed by atoms with Crippen molar-refractivity contribution in [2.24, 2.45) is 0 Å². The SMILES string of the molecule is O=C(COC(=O)C1(O)CCCCC1)Nc1ccc(F)c(Cl)c1. The number of benzene rings is 1. The van der Waals surface area contributed by atoms with Gasteiger partial charge in [0, 0.05) is 5.69 Å². The summed E-state index contributed by atoms with van der Waals surface area (Å²) < 4.78 is 17.9. The highest BCUT2D eigenvalue weighted by Gasteiger charge is 2.38. The van der Waals surface area contributed by atoms with Gasteiger partial charge in [-0.05, 0) is 43.9 Å². The van der Waals surface area contributed by atoms with E-state index in [0.717, 1.165) is 25.3 Å². The van der Waals surface area contributed by atoms with E-state index in [4.69, 9.17) is 16.3 Å². The molecule has 1 amide bonds. The Labute approximate surface area is 132 Å². The summed E-state index contributed by atoms with van der Waals surface area (Å²) in [6.07, 6.45) is 3.18. The molecule has 2 N–H and O–H groups in total. The predicted molar refractivity (Wildman–Crippen MR) is 79.0 cm³/mol. The molecule has 2 rings (SSSR count). The number of halogens is 2. The molecule has 0 spiro atoms. The molecule has 1 aliphatic rings. The minimum Gasteiger partial charge on any atom is -0.453 e. The number of rotatable bonds is 4. The summed E-state index contributed by atoms with van der Waals surface area (Å²) in [6, 6.07) is 3.72. The van der Waals surface area contributed by atoms with Crippen LogP contribution in [0.2, 0.25) is 5.02 Å². The van der Waals surface area contributed by atoms with Gasteiger partial charge in [-0.15, -0.1) is 0 Å². The second-order valence-electron chi connectivity index (χ2n) is 5.35. The summed E-state index contributed by atoms with van der Waals surface area (Å²) >= 11 is 5.60. The van der Waals surface area contributed by atoms with Gasteiger partial charge in [-0.25, -0.2) is 9.18 Å². The van der Waals surface area contributed by atoms with Gasteiger partial charge in [0.25, 0.3) is 5.91 Å². The van der Waals surface area contributed by atoms with Gasteiger partial charge in [-0.3, -0.25) is 4.79 Å². The lowest BCUT2D eigenvalue weighted by atomic mass is 9.85. The summed E-state index contributed by atoms with van der Waals surface area (Å²) in [7, 11) is 0. The molecule has 0 aliphatic heterocycles. The van der Waals surface area contributed by atoms with Gasteiger partial charge in [0.05, 0.1) is 5.02 Å². The van der Waals surface area contributed by atoms with E-state index in [1.807, 2.05) is 0 Å². The van der Waals surface area contributed by atoms with Crippen molar-refractivity contribution in [3.05, 3.63) is 29.0 Å². The molecule has 1 fully saturated rings. The molecular formula is C15H17ClFNO4. The lowest BCUT2D eigenvalue weighted by Crippen LogP contribution is -2.42. The van der Waals surface area contributed by atoms with E-state index < -0.39 is 29.9 Å². The number of hydrogen-bond acceptors (Lipinski definition) is 4. The third kappa shape index (κ3) is 4.18. The first kappa shape index (κ1) is 16.7. The minimum atomic E-state index is -1.49. The van der Waals surface area contributed by atoms with Gasteiger partial charge >= 0.3 is 5.97 Å². The van der Waals surface area contributed by atoms with Crippen LogP contribution in [0.4, 0.5) is 10.1 Å². The molecule has 5 nitrogen and oxygen atoms in total.